The minimum atomic E-state index is -1.26. The molecule has 0 saturated carbocycles. The standard InChI is InChI=1S/C72H114N14O12/c1-41(2)35-51-63(89)79-53(37-43(5)6)65(91)81-55(39-47-23-15-13-16-24-47)71(97)85-33-21-30-58(85)68(94)84-60(46(11)12)70(96)76-50(28-20-32-74)62(88)78-52(36-42(3)4)64(90)80-54(38-44(7)8)66(92)82-56(40-48-25-17-14-18-26-48)72(98)86-34-22-29-57(86)67(93)83-59(45(9)10)69(95)75-49(27-19-31-73)61(87)77-51/h13-18,23-26,41-46,49-60H,19-22,27-40,73-74H2,1-12H3,(H,75,95)(H,76,96)(H,77,87)(H,78,88)(H,79,89)(H,80,90)(H,81,91)(H,82,92)(H,83,93)(H,84,94)/t49-,50-,51-,52-,53-,54-,55+,56+,57-,58-,59-,60-/m0/s1. The van der Waals surface area contributed by atoms with Crippen molar-refractivity contribution in [3.05, 3.63) is 71.8 Å². The van der Waals surface area contributed by atoms with Crippen molar-refractivity contribution in [2.24, 2.45) is 47.0 Å². The van der Waals surface area contributed by atoms with Crippen LogP contribution in [0.5, 0.6) is 0 Å². The summed E-state index contributed by atoms with van der Waals surface area (Å²) < 4.78 is 0. The van der Waals surface area contributed by atoms with Gasteiger partial charge in [-0.2, -0.15) is 0 Å². The molecule has 0 unspecified atom stereocenters. The lowest BCUT2D eigenvalue weighted by Gasteiger charge is -2.32. The zero-order valence-electron chi connectivity index (χ0n) is 59.8. The number of benzene rings is 2. The SMILES string of the molecule is CC(C)C[C@@H]1NC(=O)[C@H](CCCN)NC(=O)[C@H](C(C)C)NC(=O)[C@@H]2CCCN2C(=O)[C@@H](Cc2ccccc2)NC(=O)[C@H](CC(C)C)NC(=O)[C@H](CC(C)C)NC(=O)[C@H](CCCN)NC(=O)[C@H](C(C)C)NC(=O)[C@@H]2CCCN2C(=O)[C@@H](Cc2ccccc2)NC(=O)[C@H](CC(C)C)NC1=O. The topological polar surface area (TPSA) is 384 Å². The molecule has 3 aliphatic heterocycles. The fraction of sp³-hybridized carbons (Fsp3) is 0.667. The van der Waals surface area contributed by atoms with Crippen LogP contribution in [0.1, 0.15) is 171 Å². The number of amides is 12. The highest BCUT2D eigenvalue weighted by Gasteiger charge is 2.44. The van der Waals surface area contributed by atoms with Gasteiger partial charge >= 0.3 is 0 Å². The van der Waals surface area contributed by atoms with E-state index in [9.17, 15) is 47.9 Å². The van der Waals surface area contributed by atoms with E-state index < -0.39 is 155 Å². The summed E-state index contributed by atoms with van der Waals surface area (Å²) in [4.78, 5) is 180. The molecule has 3 saturated heterocycles. The molecule has 98 heavy (non-hydrogen) atoms. The second-order valence-electron chi connectivity index (χ2n) is 29.1. The highest BCUT2D eigenvalue weighted by atomic mass is 16.2. The van der Waals surface area contributed by atoms with Crippen molar-refractivity contribution in [2.75, 3.05) is 26.2 Å². The van der Waals surface area contributed by atoms with Crippen LogP contribution in [-0.4, -0.2) is 179 Å². The second-order valence-corrected chi connectivity index (χ2v) is 29.1. The molecule has 0 spiro atoms. The van der Waals surface area contributed by atoms with Gasteiger partial charge in [0, 0.05) is 25.9 Å². The lowest BCUT2D eigenvalue weighted by molar-refractivity contribution is -0.143. The summed E-state index contributed by atoms with van der Waals surface area (Å²) in [5.74, 6) is -9.99. The molecule has 14 N–H and O–H groups in total. The molecule has 0 bridgehead atoms. The molecular formula is C72H114N14O12. The van der Waals surface area contributed by atoms with Crippen molar-refractivity contribution in [2.45, 2.75) is 245 Å². The molecule has 12 atom stereocenters. The number of fused-ring (bicyclic) bond motifs is 2. The predicted molar refractivity (Wildman–Crippen MR) is 373 cm³/mol. The maximum absolute atomic E-state index is 15.1. The van der Waals surface area contributed by atoms with E-state index in [0.717, 1.165) is 0 Å². The van der Waals surface area contributed by atoms with Gasteiger partial charge in [-0.15, -0.1) is 0 Å². The number of hydrogen-bond acceptors (Lipinski definition) is 14. The quantitative estimate of drug-likeness (QED) is 0.0906. The molecule has 2 aromatic rings. The zero-order chi connectivity index (χ0) is 72.5. The van der Waals surface area contributed by atoms with Gasteiger partial charge in [0.05, 0.1) is 0 Å². The molecule has 544 valence electrons. The van der Waals surface area contributed by atoms with Crippen molar-refractivity contribution in [3.63, 3.8) is 0 Å². The zero-order valence-corrected chi connectivity index (χ0v) is 59.8. The molecular weight excluding hydrogens is 1250 g/mol. The van der Waals surface area contributed by atoms with Gasteiger partial charge < -0.3 is 74.4 Å². The Morgan fingerprint density at radius 1 is 0.347 bits per heavy atom. The number of carbonyl (C=O) groups excluding carboxylic acids is 12. The summed E-state index contributed by atoms with van der Waals surface area (Å²) in [6.07, 6.45) is 2.25. The third kappa shape index (κ3) is 24.8. The van der Waals surface area contributed by atoms with E-state index in [1.54, 1.807) is 88.4 Å². The Morgan fingerprint density at radius 3 is 0.878 bits per heavy atom. The number of carbonyl (C=O) groups is 12. The van der Waals surface area contributed by atoms with Crippen LogP contribution in [0, 0.1) is 35.5 Å². The van der Waals surface area contributed by atoms with Gasteiger partial charge in [-0.25, -0.2) is 0 Å². The summed E-state index contributed by atoms with van der Waals surface area (Å²) in [5, 5.41) is 28.6. The van der Waals surface area contributed by atoms with E-state index in [1.165, 1.54) is 9.80 Å². The maximum Gasteiger partial charge on any atom is 0.246 e. The van der Waals surface area contributed by atoms with Gasteiger partial charge in [-0.05, 0) is 137 Å². The summed E-state index contributed by atoms with van der Waals surface area (Å²) in [5.41, 5.74) is 13.3. The van der Waals surface area contributed by atoms with E-state index in [4.69, 9.17) is 11.5 Å². The Morgan fingerprint density at radius 2 is 0.612 bits per heavy atom. The van der Waals surface area contributed by atoms with E-state index in [-0.39, 0.29) is 127 Å². The van der Waals surface area contributed by atoms with Crippen LogP contribution in [-0.2, 0) is 70.4 Å². The van der Waals surface area contributed by atoms with E-state index in [2.05, 4.69) is 53.2 Å². The monoisotopic (exact) mass is 1370 g/mol. The maximum atomic E-state index is 15.1. The van der Waals surface area contributed by atoms with Gasteiger partial charge in [0.15, 0.2) is 0 Å². The molecule has 0 aliphatic carbocycles. The molecule has 0 radical (unpaired) electrons. The Kier molecular flexibility index (Phi) is 32.6. The van der Waals surface area contributed by atoms with E-state index >= 15 is 9.59 Å². The Balaban J connectivity index is 1.61. The fourth-order valence-electron chi connectivity index (χ4n) is 12.8. The van der Waals surface area contributed by atoms with Crippen molar-refractivity contribution in [1.29, 1.82) is 0 Å². The van der Waals surface area contributed by atoms with Crippen LogP contribution in [0.15, 0.2) is 60.7 Å². The number of nitrogens with one attached hydrogen (secondary N) is 10. The summed E-state index contributed by atoms with van der Waals surface area (Å²) in [6.45, 7) is 22.2. The van der Waals surface area contributed by atoms with Crippen LogP contribution < -0.4 is 64.6 Å². The first-order valence-electron chi connectivity index (χ1n) is 35.6. The van der Waals surface area contributed by atoms with E-state index in [1.807, 2.05) is 55.4 Å². The molecule has 3 heterocycles. The minimum absolute atomic E-state index is 0.00693. The minimum Gasteiger partial charge on any atom is -0.343 e. The van der Waals surface area contributed by atoms with Crippen LogP contribution in [0.2, 0.25) is 0 Å². The molecule has 12 amide bonds. The van der Waals surface area contributed by atoms with Crippen molar-refractivity contribution < 1.29 is 57.5 Å². The number of hydrogen-bond donors (Lipinski definition) is 12. The van der Waals surface area contributed by atoms with Gasteiger partial charge in [0.25, 0.3) is 0 Å². The number of rotatable bonds is 20. The van der Waals surface area contributed by atoms with E-state index in [0.29, 0.717) is 24.0 Å². The first kappa shape index (κ1) is 80.7. The van der Waals surface area contributed by atoms with Crippen LogP contribution >= 0.6 is 0 Å². The summed E-state index contributed by atoms with van der Waals surface area (Å²) in [6, 6.07) is 3.26. The average Bonchev–Trinajstić information content (AvgIpc) is 1.61. The van der Waals surface area contributed by atoms with Crippen LogP contribution in [0.3, 0.4) is 0 Å². The molecule has 2 aromatic carbocycles. The molecule has 5 rings (SSSR count). The third-order valence-electron chi connectivity index (χ3n) is 18.0. The normalized spacial score (nSPS) is 26.4. The molecule has 3 fully saturated rings. The first-order valence-corrected chi connectivity index (χ1v) is 35.6. The molecule has 26 nitrogen and oxygen atoms in total. The second kappa shape index (κ2) is 39.6. The first-order chi connectivity index (χ1) is 46.4. The lowest BCUT2D eigenvalue weighted by Crippen LogP contribution is -2.62. The lowest BCUT2D eigenvalue weighted by atomic mass is 9.98. The summed E-state index contributed by atoms with van der Waals surface area (Å²) >= 11 is 0. The highest BCUT2D eigenvalue weighted by Crippen LogP contribution is 2.24. The van der Waals surface area contributed by atoms with Gasteiger partial charge in [0.1, 0.15) is 72.5 Å². The average molecular weight is 1370 g/mol. The van der Waals surface area contributed by atoms with Crippen molar-refractivity contribution in [1.82, 2.24) is 63.0 Å². The Bertz CT molecular complexity index is 2810. The van der Waals surface area contributed by atoms with Gasteiger partial charge in [-0.3, -0.25) is 57.5 Å². The van der Waals surface area contributed by atoms with Crippen LogP contribution in [0.4, 0.5) is 0 Å². The highest BCUT2D eigenvalue weighted by molar-refractivity contribution is 6.00. The van der Waals surface area contributed by atoms with Crippen LogP contribution in [0.25, 0.3) is 0 Å². The molecule has 0 aromatic heterocycles. The fourth-order valence-corrected chi connectivity index (χ4v) is 12.8. The molecule has 26 heteroatoms. The summed E-state index contributed by atoms with van der Waals surface area (Å²) in [7, 11) is 0. The number of nitrogens with two attached hydrogens (primary N) is 2. The molecule has 3 aliphatic rings. The third-order valence-corrected chi connectivity index (χ3v) is 18.0. The Hall–Kier alpha value is -8.00. The largest absolute Gasteiger partial charge is 0.343 e. The number of nitrogens with zero attached hydrogens (tertiary/aromatic N) is 2. The van der Waals surface area contributed by atoms with Gasteiger partial charge in [-0.1, -0.05) is 144 Å². The van der Waals surface area contributed by atoms with Gasteiger partial charge in [0.2, 0.25) is 70.9 Å². The Labute approximate surface area is 579 Å². The smallest absolute Gasteiger partial charge is 0.246 e. The van der Waals surface area contributed by atoms with Crippen molar-refractivity contribution in [3.8, 4) is 0 Å². The predicted octanol–water partition coefficient (Wildman–Crippen LogP) is 2.29. The van der Waals surface area contributed by atoms with Crippen molar-refractivity contribution >= 4 is 70.9 Å².